The van der Waals surface area contributed by atoms with Crippen molar-refractivity contribution in [3.63, 3.8) is 0 Å². The van der Waals surface area contributed by atoms with Crippen molar-refractivity contribution in [1.29, 1.82) is 5.41 Å². The molecule has 0 heterocycles. The molecular weight excluding hydrogens is 440 g/mol. The summed E-state index contributed by atoms with van der Waals surface area (Å²) in [6.07, 6.45) is 14.4. The molecule has 0 aliphatic heterocycles. The molecule has 0 spiro atoms. The molecule has 0 bridgehead atoms. The average molecular weight is 489 g/mol. The topological polar surface area (TPSA) is 124 Å². The van der Waals surface area contributed by atoms with Crippen LogP contribution in [0, 0.1) is 39.9 Å². The molecule has 4 rings (SSSR count). The minimum atomic E-state index is -0.619. The van der Waals surface area contributed by atoms with Crippen LogP contribution in [0.3, 0.4) is 0 Å². The second kappa shape index (κ2) is 10.0. The molecule has 198 valence electrons. The van der Waals surface area contributed by atoms with Crippen molar-refractivity contribution >= 4 is 12.2 Å². The smallest absolute Gasteiger partial charge is 0.199 e. The first-order valence-corrected chi connectivity index (χ1v) is 14.0. The fraction of sp³-hybridized carbons (Fsp3) is 0.857. The van der Waals surface area contributed by atoms with E-state index < -0.39 is 11.8 Å². The summed E-state index contributed by atoms with van der Waals surface area (Å²) in [5, 5.41) is 37.0. The Bertz CT molecular complexity index is 846. The van der Waals surface area contributed by atoms with Crippen LogP contribution >= 0.6 is 0 Å². The number of hydrogen-bond acceptors (Lipinski definition) is 5. The van der Waals surface area contributed by atoms with Crippen LogP contribution in [-0.4, -0.2) is 40.3 Å². The summed E-state index contributed by atoms with van der Waals surface area (Å²) in [7, 11) is 0. The Balaban J connectivity index is 1.50. The maximum atomic E-state index is 12.4. The number of nitrogens with two attached hydrogens (primary N) is 1. The van der Waals surface area contributed by atoms with Gasteiger partial charge >= 0.3 is 0 Å². The van der Waals surface area contributed by atoms with Crippen molar-refractivity contribution in [1.82, 2.24) is 5.32 Å². The molecule has 35 heavy (non-hydrogen) atoms. The SMILES string of the molecule is CCC(/C=N/OC(CC)NC(=N)N)=C\[C@H]1CC[C@]2(O)[C@@H]3CC[C@@H]4C[C@@H](O)CC[C@]4(C)[C@H]3CC[C@]12C. The molecule has 4 saturated carbocycles. The zero-order valence-corrected chi connectivity index (χ0v) is 22.2. The Hall–Kier alpha value is -1.60. The van der Waals surface area contributed by atoms with E-state index in [4.69, 9.17) is 16.0 Å². The molecule has 7 heteroatoms. The average Bonchev–Trinajstić information content (AvgIpc) is 3.08. The van der Waals surface area contributed by atoms with Gasteiger partial charge in [-0.15, -0.1) is 0 Å². The van der Waals surface area contributed by atoms with Gasteiger partial charge in [0.2, 0.25) is 0 Å². The van der Waals surface area contributed by atoms with Gasteiger partial charge in [0.1, 0.15) is 0 Å². The van der Waals surface area contributed by atoms with Gasteiger partial charge in [0.25, 0.3) is 0 Å². The van der Waals surface area contributed by atoms with Gasteiger partial charge in [0, 0.05) is 11.8 Å². The fourth-order valence-corrected chi connectivity index (χ4v) is 8.57. The number of aliphatic hydroxyl groups excluding tert-OH is 1. The minimum absolute atomic E-state index is 0.122. The molecule has 9 atom stereocenters. The van der Waals surface area contributed by atoms with Crippen molar-refractivity contribution in [3.05, 3.63) is 11.6 Å². The Labute approximate surface area is 211 Å². The van der Waals surface area contributed by atoms with Crippen LogP contribution < -0.4 is 11.1 Å². The number of oxime groups is 1. The molecule has 6 N–H and O–H groups in total. The number of hydrogen-bond donors (Lipinski definition) is 5. The quantitative estimate of drug-likeness (QED) is 0.154. The van der Waals surface area contributed by atoms with E-state index in [-0.39, 0.29) is 22.9 Å². The molecule has 0 amide bonds. The van der Waals surface area contributed by atoms with E-state index in [0.29, 0.717) is 30.1 Å². The molecule has 0 aromatic heterocycles. The zero-order chi connectivity index (χ0) is 25.4. The lowest BCUT2D eigenvalue weighted by Gasteiger charge is -2.63. The molecule has 4 aliphatic carbocycles. The number of aliphatic hydroxyl groups is 2. The van der Waals surface area contributed by atoms with Gasteiger partial charge in [-0.2, -0.15) is 0 Å². The van der Waals surface area contributed by atoms with E-state index in [2.05, 4.69) is 37.3 Å². The second-order valence-electron chi connectivity index (χ2n) is 12.3. The van der Waals surface area contributed by atoms with Crippen molar-refractivity contribution in [2.24, 2.45) is 45.4 Å². The van der Waals surface area contributed by atoms with Gasteiger partial charge in [-0.1, -0.05) is 38.9 Å². The van der Waals surface area contributed by atoms with E-state index in [1.165, 1.54) is 6.42 Å². The van der Waals surface area contributed by atoms with Crippen LogP contribution in [0.5, 0.6) is 0 Å². The highest BCUT2D eigenvalue weighted by atomic mass is 16.6. The van der Waals surface area contributed by atoms with Crippen LogP contribution in [0.4, 0.5) is 0 Å². The lowest BCUT2D eigenvalue weighted by molar-refractivity contribution is -0.207. The Kier molecular flexibility index (Phi) is 7.59. The summed E-state index contributed by atoms with van der Waals surface area (Å²) in [5.41, 5.74) is 6.06. The van der Waals surface area contributed by atoms with E-state index in [1.807, 2.05) is 6.92 Å². The Morgan fingerprint density at radius 1 is 1.14 bits per heavy atom. The zero-order valence-electron chi connectivity index (χ0n) is 22.2. The maximum absolute atomic E-state index is 12.4. The number of allylic oxidation sites excluding steroid dienone is 2. The number of nitrogens with one attached hydrogen (secondary N) is 2. The predicted molar refractivity (Wildman–Crippen MR) is 140 cm³/mol. The van der Waals surface area contributed by atoms with Crippen LogP contribution in [-0.2, 0) is 4.84 Å². The van der Waals surface area contributed by atoms with Gasteiger partial charge in [-0.3, -0.25) is 5.41 Å². The lowest BCUT2D eigenvalue weighted by atomic mass is 9.43. The largest absolute Gasteiger partial charge is 0.393 e. The standard InChI is InChI=1S/C28H48N4O3/c1-5-18(17-31-35-24(6-2)32-25(29)30)15-20-9-14-28(34)23-8-7-19-16-21(33)10-12-26(19,3)22(23)11-13-27(20,28)4/h15,17,19-24,33-34H,5-14,16H2,1-4H3,(H4,29,30,32)/b18-15+,31-17+/t19-,20-,21+,22+,23-,24?,26+,27-,28+/m1/s1. The lowest BCUT2D eigenvalue weighted by Crippen LogP contribution is -2.62. The van der Waals surface area contributed by atoms with E-state index in [0.717, 1.165) is 63.4 Å². The third-order valence-corrected chi connectivity index (χ3v) is 10.8. The first-order valence-electron chi connectivity index (χ1n) is 14.0. The summed E-state index contributed by atoms with van der Waals surface area (Å²) >= 11 is 0. The number of rotatable bonds is 7. The van der Waals surface area contributed by atoms with E-state index >= 15 is 0 Å². The van der Waals surface area contributed by atoms with Crippen molar-refractivity contribution < 1.29 is 15.1 Å². The second-order valence-corrected chi connectivity index (χ2v) is 12.3. The summed E-state index contributed by atoms with van der Waals surface area (Å²) < 4.78 is 0. The molecule has 4 fully saturated rings. The van der Waals surface area contributed by atoms with E-state index in [1.54, 1.807) is 6.21 Å². The minimum Gasteiger partial charge on any atom is -0.393 e. The Morgan fingerprint density at radius 3 is 2.60 bits per heavy atom. The third-order valence-electron chi connectivity index (χ3n) is 10.8. The highest BCUT2D eigenvalue weighted by Gasteiger charge is 2.66. The summed E-state index contributed by atoms with van der Waals surface area (Å²) in [6.45, 7) is 8.88. The molecule has 1 unspecified atom stereocenters. The van der Waals surface area contributed by atoms with Crippen LogP contribution in [0.15, 0.2) is 16.8 Å². The molecule has 0 aromatic rings. The number of fused-ring (bicyclic) bond motifs is 5. The first-order chi connectivity index (χ1) is 16.6. The predicted octanol–water partition coefficient (Wildman–Crippen LogP) is 4.68. The van der Waals surface area contributed by atoms with Gasteiger partial charge in [-0.25, -0.2) is 0 Å². The van der Waals surface area contributed by atoms with Crippen LogP contribution in [0.25, 0.3) is 0 Å². The number of nitrogens with zero attached hydrogens (tertiary/aromatic N) is 1. The first kappa shape index (κ1) is 26.5. The van der Waals surface area contributed by atoms with Gasteiger partial charge in [0.05, 0.1) is 17.9 Å². The monoisotopic (exact) mass is 488 g/mol. The van der Waals surface area contributed by atoms with Crippen LogP contribution in [0.1, 0.15) is 98.3 Å². The van der Waals surface area contributed by atoms with Crippen molar-refractivity contribution in [3.8, 4) is 0 Å². The van der Waals surface area contributed by atoms with Crippen molar-refractivity contribution in [2.45, 2.75) is 116 Å². The molecule has 0 aromatic carbocycles. The molecule has 0 radical (unpaired) electrons. The molecule has 4 aliphatic rings. The summed E-state index contributed by atoms with van der Waals surface area (Å²) in [6, 6.07) is 0. The van der Waals surface area contributed by atoms with Crippen LogP contribution in [0.2, 0.25) is 0 Å². The van der Waals surface area contributed by atoms with Crippen molar-refractivity contribution in [2.75, 3.05) is 0 Å². The van der Waals surface area contributed by atoms with Gasteiger partial charge < -0.3 is 26.1 Å². The highest BCUT2D eigenvalue weighted by molar-refractivity contribution is 5.78. The molecule has 0 saturated heterocycles. The maximum Gasteiger partial charge on any atom is 0.199 e. The Morgan fingerprint density at radius 2 is 1.91 bits per heavy atom. The van der Waals surface area contributed by atoms with Gasteiger partial charge in [-0.05, 0) is 98.9 Å². The normalized spacial score (nSPS) is 44.3. The third kappa shape index (κ3) is 4.63. The number of guanidine groups is 1. The fourth-order valence-electron chi connectivity index (χ4n) is 8.57. The molecule has 7 nitrogen and oxygen atoms in total. The van der Waals surface area contributed by atoms with Gasteiger partial charge in [0.15, 0.2) is 12.2 Å². The highest BCUT2D eigenvalue weighted by Crippen LogP contribution is 2.69. The molecular formula is C28H48N4O3. The summed E-state index contributed by atoms with van der Waals surface area (Å²) in [5.74, 6) is 1.73. The summed E-state index contributed by atoms with van der Waals surface area (Å²) in [4.78, 5) is 5.52. The van der Waals surface area contributed by atoms with E-state index in [9.17, 15) is 10.2 Å².